The minimum Gasteiger partial charge on any atom is -0.478 e. The Balaban J connectivity index is 2.06. The second-order valence-electron chi connectivity index (χ2n) is 6.01. The predicted octanol–water partition coefficient (Wildman–Crippen LogP) is 3.29. The molecule has 0 saturated heterocycles. The molecule has 6 heteroatoms. The molecule has 0 unspecified atom stereocenters. The highest BCUT2D eigenvalue weighted by molar-refractivity contribution is 7.09. The number of benzene rings is 1. The Hall–Kier alpha value is -1.92. The van der Waals surface area contributed by atoms with Gasteiger partial charge in [-0.05, 0) is 44.4 Å². The van der Waals surface area contributed by atoms with E-state index in [0.29, 0.717) is 5.75 Å². The van der Waals surface area contributed by atoms with Crippen molar-refractivity contribution in [1.29, 1.82) is 0 Å². The van der Waals surface area contributed by atoms with Gasteiger partial charge in [-0.15, -0.1) is 11.3 Å². The molecule has 0 aliphatic heterocycles. The fraction of sp³-hybridized carbons (Fsp3) is 0.412. The van der Waals surface area contributed by atoms with Crippen LogP contribution in [0.5, 0.6) is 5.75 Å². The summed E-state index contributed by atoms with van der Waals surface area (Å²) in [5, 5.41) is 15.6. The Kier molecular flexibility index (Phi) is 5.38. The lowest BCUT2D eigenvalue weighted by Gasteiger charge is -2.24. The first-order valence-corrected chi connectivity index (χ1v) is 8.29. The van der Waals surface area contributed by atoms with Crippen molar-refractivity contribution in [1.82, 2.24) is 10.3 Å². The van der Waals surface area contributed by atoms with Gasteiger partial charge in [0, 0.05) is 24.7 Å². The largest absolute Gasteiger partial charge is 0.478 e. The number of nitrogens with zero attached hydrogens (tertiary/aromatic N) is 1. The number of thiazole rings is 1. The molecule has 2 aromatic rings. The van der Waals surface area contributed by atoms with Crippen LogP contribution in [-0.2, 0) is 17.9 Å². The van der Waals surface area contributed by atoms with Crippen LogP contribution in [-0.4, -0.2) is 21.7 Å². The topological polar surface area (TPSA) is 71.5 Å². The van der Waals surface area contributed by atoms with Crippen LogP contribution in [0.1, 0.15) is 35.5 Å². The van der Waals surface area contributed by atoms with Gasteiger partial charge in [0.25, 0.3) is 0 Å². The number of carbonyl (C=O) groups is 1. The zero-order valence-corrected chi connectivity index (χ0v) is 14.7. The lowest BCUT2D eigenvalue weighted by Crippen LogP contribution is -2.38. The Labute approximate surface area is 140 Å². The molecular weight excluding hydrogens is 312 g/mol. The van der Waals surface area contributed by atoms with Crippen LogP contribution in [0.15, 0.2) is 23.7 Å². The molecule has 0 aliphatic carbocycles. The fourth-order valence-electron chi connectivity index (χ4n) is 2.26. The van der Waals surface area contributed by atoms with E-state index in [4.69, 9.17) is 4.74 Å². The van der Waals surface area contributed by atoms with Gasteiger partial charge < -0.3 is 15.2 Å². The van der Waals surface area contributed by atoms with Gasteiger partial charge in [-0.25, -0.2) is 9.78 Å². The van der Waals surface area contributed by atoms with E-state index in [1.807, 2.05) is 31.4 Å². The third-order valence-corrected chi connectivity index (χ3v) is 4.26. The van der Waals surface area contributed by atoms with Gasteiger partial charge in [0.05, 0.1) is 0 Å². The zero-order valence-electron chi connectivity index (χ0n) is 13.8. The number of carboxylic acids is 1. The molecule has 2 rings (SSSR count). The summed E-state index contributed by atoms with van der Waals surface area (Å²) < 4.78 is 5.71. The van der Waals surface area contributed by atoms with E-state index in [-0.39, 0.29) is 0 Å². The van der Waals surface area contributed by atoms with Gasteiger partial charge in [0.15, 0.2) is 5.60 Å². The molecule has 23 heavy (non-hydrogen) atoms. The second kappa shape index (κ2) is 7.10. The molecule has 1 aromatic carbocycles. The molecule has 0 fully saturated rings. The summed E-state index contributed by atoms with van der Waals surface area (Å²) >= 11 is 1.63. The summed E-state index contributed by atoms with van der Waals surface area (Å²) in [4.78, 5) is 15.5. The summed E-state index contributed by atoms with van der Waals surface area (Å²) in [6.07, 6.45) is 1.80. The van der Waals surface area contributed by atoms with E-state index in [2.05, 4.69) is 10.3 Å². The van der Waals surface area contributed by atoms with Gasteiger partial charge in [0.1, 0.15) is 10.8 Å². The van der Waals surface area contributed by atoms with Gasteiger partial charge in [-0.2, -0.15) is 0 Å². The molecule has 0 radical (unpaired) electrons. The van der Waals surface area contributed by atoms with E-state index >= 15 is 0 Å². The summed E-state index contributed by atoms with van der Waals surface area (Å²) in [6, 6.07) is 4.05. The predicted molar refractivity (Wildman–Crippen MR) is 90.9 cm³/mol. The summed E-state index contributed by atoms with van der Waals surface area (Å²) in [5.74, 6) is -0.341. The Morgan fingerprint density at radius 3 is 2.48 bits per heavy atom. The number of nitrogens with one attached hydrogen (secondary N) is 1. The van der Waals surface area contributed by atoms with Crippen LogP contribution >= 0.6 is 11.3 Å². The van der Waals surface area contributed by atoms with E-state index in [1.165, 1.54) is 0 Å². The molecule has 0 atom stereocenters. The molecule has 124 valence electrons. The van der Waals surface area contributed by atoms with Crippen molar-refractivity contribution in [2.24, 2.45) is 0 Å². The molecule has 0 amide bonds. The quantitative estimate of drug-likeness (QED) is 0.813. The first-order valence-electron chi connectivity index (χ1n) is 7.41. The number of aromatic nitrogens is 1. The second-order valence-corrected chi connectivity index (χ2v) is 6.98. The Bertz CT molecular complexity index is 658. The Morgan fingerprint density at radius 1 is 1.30 bits per heavy atom. The van der Waals surface area contributed by atoms with Crippen LogP contribution < -0.4 is 10.1 Å². The highest BCUT2D eigenvalue weighted by Gasteiger charge is 2.30. The molecule has 1 heterocycles. The van der Waals surface area contributed by atoms with E-state index in [1.54, 1.807) is 31.4 Å². The maximum atomic E-state index is 11.2. The molecule has 0 spiro atoms. The van der Waals surface area contributed by atoms with Crippen molar-refractivity contribution >= 4 is 17.3 Å². The average Bonchev–Trinajstić information content (AvgIpc) is 2.96. The molecule has 0 saturated carbocycles. The van der Waals surface area contributed by atoms with Crippen LogP contribution in [0.25, 0.3) is 0 Å². The number of carboxylic acid groups (broad SMARTS) is 1. The van der Waals surface area contributed by atoms with Crippen molar-refractivity contribution in [3.63, 3.8) is 0 Å². The highest BCUT2D eigenvalue weighted by Crippen LogP contribution is 2.28. The highest BCUT2D eigenvalue weighted by atomic mass is 32.1. The monoisotopic (exact) mass is 334 g/mol. The lowest BCUT2D eigenvalue weighted by atomic mass is 10.0. The third kappa shape index (κ3) is 4.53. The third-order valence-electron chi connectivity index (χ3n) is 3.48. The average molecular weight is 334 g/mol. The normalized spacial score (nSPS) is 11.5. The van der Waals surface area contributed by atoms with E-state index < -0.39 is 11.6 Å². The van der Waals surface area contributed by atoms with Gasteiger partial charge in [-0.1, -0.05) is 12.1 Å². The summed E-state index contributed by atoms with van der Waals surface area (Å²) in [5.41, 5.74) is 1.76. The van der Waals surface area contributed by atoms with Crippen LogP contribution in [0.2, 0.25) is 0 Å². The minimum atomic E-state index is -1.25. The molecule has 1 aromatic heterocycles. The number of hydrogen-bond acceptors (Lipinski definition) is 5. The standard InChI is InChI=1S/C17H22N2O3S/c1-11-7-13(9-18-10-14-19-5-6-23-14)8-12(2)15(11)22-17(3,4)16(20)21/h5-8,18H,9-10H2,1-4H3,(H,20,21). The maximum Gasteiger partial charge on any atom is 0.347 e. The van der Waals surface area contributed by atoms with Gasteiger partial charge in [-0.3, -0.25) is 0 Å². The minimum absolute atomic E-state index is 0.640. The maximum absolute atomic E-state index is 11.2. The van der Waals surface area contributed by atoms with Crippen molar-refractivity contribution in [2.45, 2.75) is 46.4 Å². The molecule has 0 bridgehead atoms. The molecule has 0 aliphatic rings. The van der Waals surface area contributed by atoms with E-state index in [9.17, 15) is 9.90 Å². The molecule has 2 N–H and O–H groups in total. The first kappa shape index (κ1) is 17.4. The van der Waals surface area contributed by atoms with Gasteiger partial charge >= 0.3 is 5.97 Å². The Morgan fingerprint density at radius 2 is 1.96 bits per heavy atom. The number of aliphatic carboxylic acids is 1. The molecule has 5 nitrogen and oxygen atoms in total. The SMILES string of the molecule is Cc1cc(CNCc2nccs2)cc(C)c1OC(C)(C)C(=O)O. The van der Waals surface area contributed by atoms with Crippen molar-refractivity contribution in [3.05, 3.63) is 45.4 Å². The molecular formula is C17H22N2O3S. The number of ether oxygens (including phenoxy) is 1. The van der Waals surface area contributed by atoms with Crippen LogP contribution in [0, 0.1) is 13.8 Å². The van der Waals surface area contributed by atoms with Crippen molar-refractivity contribution in [3.8, 4) is 5.75 Å². The van der Waals surface area contributed by atoms with E-state index in [0.717, 1.165) is 34.8 Å². The lowest BCUT2D eigenvalue weighted by molar-refractivity contribution is -0.152. The van der Waals surface area contributed by atoms with Crippen LogP contribution in [0.4, 0.5) is 0 Å². The summed E-state index contributed by atoms with van der Waals surface area (Å²) in [7, 11) is 0. The van der Waals surface area contributed by atoms with Crippen molar-refractivity contribution in [2.75, 3.05) is 0 Å². The summed E-state index contributed by atoms with van der Waals surface area (Å²) in [6.45, 7) is 8.44. The van der Waals surface area contributed by atoms with Gasteiger partial charge in [0.2, 0.25) is 0 Å². The zero-order chi connectivity index (χ0) is 17.0. The van der Waals surface area contributed by atoms with Crippen molar-refractivity contribution < 1.29 is 14.6 Å². The van der Waals surface area contributed by atoms with Crippen LogP contribution in [0.3, 0.4) is 0 Å². The first-order chi connectivity index (χ1) is 10.8. The fourth-order valence-corrected chi connectivity index (χ4v) is 2.84. The smallest absolute Gasteiger partial charge is 0.347 e. The number of hydrogen-bond donors (Lipinski definition) is 2. The number of aryl methyl sites for hydroxylation is 2. The number of rotatable bonds is 7.